The van der Waals surface area contributed by atoms with E-state index in [-0.39, 0.29) is 23.9 Å². The van der Waals surface area contributed by atoms with E-state index in [0.29, 0.717) is 23.4 Å². The monoisotopic (exact) mass is 388 g/mol. The Hall–Kier alpha value is -2.36. The van der Waals surface area contributed by atoms with E-state index in [1.807, 2.05) is 12.1 Å². The van der Waals surface area contributed by atoms with Crippen LogP contribution in [-0.4, -0.2) is 37.6 Å². The Morgan fingerprint density at radius 3 is 2.31 bits per heavy atom. The first kappa shape index (κ1) is 18.4. The fourth-order valence-corrected chi connectivity index (χ4v) is 4.59. The number of carbonyl (C=O) groups excluding carboxylic acids is 1. The molecule has 0 aliphatic carbocycles. The summed E-state index contributed by atoms with van der Waals surface area (Å²) in [5.74, 6) is -0.0584. The molecule has 0 spiro atoms. The molecule has 7 heteroatoms. The number of halogens is 1. The fourth-order valence-electron chi connectivity index (χ4n) is 2.81. The van der Waals surface area contributed by atoms with Gasteiger partial charge in [-0.1, -0.05) is 23.7 Å². The maximum atomic E-state index is 12.5. The van der Waals surface area contributed by atoms with E-state index in [1.165, 1.54) is 12.1 Å². The van der Waals surface area contributed by atoms with Gasteiger partial charge < -0.3 is 4.90 Å². The van der Waals surface area contributed by atoms with E-state index in [4.69, 9.17) is 16.9 Å². The van der Waals surface area contributed by atoms with E-state index in [1.54, 1.807) is 29.2 Å². The lowest BCUT2D eigenvalue weighted by Gasteiger charge is -2.38. The van der Waals surface area contributed by atoms with Gasteiger partial charge in [-0.2, -0.15) is 5.26 Å². The van der Waals surface area contributed by atoms with Crippen LogP contribution in [0.1, 0.15) is 17.5 Å². The number of sulfone groups is 1. The van der Waals surface area contributed by atoms with Crippen molar-refractivity contribution in [1.29, 1.82) is 5.26 Å². The van der Waals surface area contributed by atoms with Crippen LogP contribution in [0.2, 0.25) is 5.02 Å². The standard InChI is InChI=1S/C19H17ClN2O3S/c20-16-6-8-17(9-7-16)26(24,25)18-12-22(13-18)19(23)10-5-14-1-3-15(11-21)4-2-14/h1-4,6-9,18H,5,10,12-13H2. The number of hydrogen-bond donors (Lipinski definition) is 0. The van der Waals surface area contributed by atoms with Crippen LogP contribution < -0.4 is 0 Å². The molecule has 0 atom stereocenters. The minimum atomic E-state index is -3.44. The van der Waals surface area contributed by atoms with E-state index < -0.39 is 15.1 Å². The quantitative estimate of drug-likeness (QED) is 0.789. The van der Waals surface area contributed by atoms with Crippen LogP contribution in [0, 0.1) is 11.3 Å². The summed E-state index contributed by atoms with van der Waals surface area (Å²) in [6, 6.07) is 15.2. The number of likely N-dealkylation sites (tertiary alicyclic amines) is 1. The Kier molecular flexibility index (Phi) is 5.30. The van der Waals surface area contributed by atoms with Crippen LogP contribution in [0.15, 0.2) is 53.4 Å². The largest absolute Gasteiger partial charge is 0.340 e. The van der Waals surface area contributed by atoms with Crippen molar-refractivity contribution in [1.82, 2.24) is 4.90 Å². The maximum absolute atomic E-state index is 12.5. The molecule has 0 aromatic heterocycles. The first-order valence-electron chi connectivity index (χ1n) is 8.16. The van der Waals surface area contributed by atoms with Gasteiger partial charge >= 0.3 is 0 Å². The highest BCUT2D eigenvalue weighted by molar-refractivity contribution is 7.92. The lowest BCUT2D eigenvalue weighted by Crippen LogP contribution is -2.56. The molecule has 0 N–H and O–H groups in total. The summed E-state index contributed by atoms with van der Waals surface area (Å²) in [5.41, 5.74) is 1.56. The Balaban J connectivity index is 1.53. The first-order valence-corrected chi connectivity index (χ1v) is 10.1. The number of carbonyl (C=O) groups is 1. The molecule has 0 unspecified atom stereocenters. The molecule has 1 saturated heterocycles. The van der Waals surface area contributed by atoms with Crippen molar-refractivity contribution in [2.24, 2.45) is 0 Å². The Bertz CT molecular complexity index is 942. The van der Waals surface area contributed by atoms with Crippen LogP contribution in [0.5, 0.6) is 0 Å². The second-order valence-electron chi connectivity index (χ2n) is 6.23. The van der Waals surface area contributed by atoms with Crippen molar-refractivity contribution in [2.45, 2.75) is 23.0 Å². The highest BCUT2D eigenvalue weighted by atomic mass is 35.5. The normalized spacial score (nSPS) is 14.5. The second-order valence-corrected chi connectivity index (χ2v) is 8.89. The van der Waals surface area contributed by atoms with Gasteiger partial charge in [0.1, 0.15) is 5.25 Å². The van der Waals surface area contributed by atoms with Crippen LogP contribution >= 0.6 is 11.6 Å². The number of nitrogens with zero attached hydrogens (tertiary/aromatic N) is 2. The van der Waals surface area contributed by atoms with Crippen molar-refractivity contribution in [2.75, 3.05) is 13.1 Å². The molecular formula is C19H17ClN2O3S. The number of amides is 1. The van der Waals surface area contributed by atoms with Gasteiger partial charge in [-0.25, -0.2) is 8.42 Å². The number of aryl methyl sites for hydroxylation is 1. The smallest absolute Gasteiger partial charge is 0.222 e. The predicted molar refractivity (Wildman–Crippen MR) is 98.5 cm³/mol. The zero-order valence-corrected chi connectivity index (χ0v) is 15.5. The SMILES string of the molecule is N#Cc1ccc(CCC(=O)N2CC(S(=O)(=O)c3ccc(Cl)cc3)C2)cc1. The summed E-state index contributed by atoms with van der Waals surface area (Å²) in [4.78, 5) is 14.0. The molecular weight excluding hydrogens is 372 g/mol. The summed E-state index contributed by atoms with van der Waals surface area (Å²) >= 11 is 5.79. The average Bonchev–Trinajstić information content (AvgIpc) is 2.59. The molecule has 3 rings (SSSR count). The molecule has 1 fully saturated rings. The summed E-state index contributed by atoms with van der Waals surface area (Å²) in [7, 11) is -3.44. The lowest BCUT2D eigenvalue weighted by atomic mass is 10.1. The van der Waals surface area contributed by atoms with Gasteiger partial charge in [0, 0.05) is 24.5 Å². The van der Waals surface area contributed by atoms with Crippen molar-refractivity contribution in [3.63, 3.8) is 0 Å². The zero-order valence-electron chi connectivity index (χ0n) is 13.9. The van der Waals surface area contributed by atoms with Gasteiger partial charge in [0.2, 0.25) is 5.91 Å². The Morgan fingerprint density at radius 1 is 1.12 bits per heavy atom. The van der Waals surface area contributed by atoms with E-state index in [2.05, 4.69) is 6.07 Å². The van der Waals surface area contributed by atoms with Gasteiger partial charge in [0.05, 0.1) is 16.5 Å². The van der Waals surface area contributed by atoms with Crippen molar-refractivity contribution < 1.29 is 13.2 Å². The van der Waals surface area contributed by atoms with Crippen LogP contribution in [0.3, 0.4) is 0 Å². The second kappa shape index (κ2) is 7.48. The maximum Gasteiger partial charge on any atom is 0.222 e. The molecule has 2 aromatic carbocycles. The van der Waals surface area contributed by atoms with Crippen molar-refractivity contribution in [3.05, 3.63) is 64.7 Å². The summed E-state index contributed by atoms with van der Waals surface area (Å²) < 4.78 is 25.1. The molecule has 0 saturated carbocycles. The molecule has 1 aliphatic heterocycles. The lowest BCUT2D eigenvalue weighted by molar-refractivity contribution is -0.134. The van der Waals surface area contributed by atoms with Gasteiger partial charge in [-0.05, 0) is 48.4 Å². The average molecular weight is 389 g/mol. The number of nitriles is 1. The van der Waals surface area contributed by atoms with Gasteiger partial charge in [-0.3, -0.25) is 4.79 Å². The third-order valence-electron chi connectivity index (χ3n) is 4.49. The minimum Gasteiger partial charge on any atom is -0.340 e. The van der Waals surface area contributed by atoms with Crippen LogP contribution in [-0.2, 0) is 21.1 Å². The first-order chi connectivity index (χ1) is 12.4. The molecule has 5 nitrogen and oxygen atoms in total. The highest BCUT2D eigenvalue weighted by Crippen LogP contribution is 2.25. The van der Waals surface area contributed by atoms with Crippen molar-refractivity contribution in [3.8, 4) is 6.07 Å². The number of rotatable bonds is 5. The molecule has 1 aliphatic rings. The molecule has 1 amide bonds. The molecule has 26 heavy (non-hydrogen) atoms. The third-order valence-corrected chi connectivity index (χ3v) is 6.85. The fraction of sp³-hybridized carbons (Fsp3) is 0.263. The third kappa shape index (κ3) is 3.90. The molecule has 2 aromatic rings. The summed E-state index contributed by atoms with van der Waals surface area (Å²) in [6.07, 6.45) is 0.884. The van der Waals surface area contributed by atoms with Gasteiger partial charge in [0.25, 0.3) is 0 Å². The summed E-state index contributed by atoms with van der Waals surface area (Å²) in [6.45, 7) is 0.439. The van der Waals surface area contributed by atoms with E-state index in [0.717, 1.165) is 5.56 Å². The number of hydrogen-bond acceptors (Lipinski definition) is 4. The Morgan fingerprint density at radius 2 is 1.73 bits per heavy atom. The van der Waals surface area contributed by atoms with E-state index >= 15 is 0 Å². The van der Waals surface area contributed by atoms with Gasteiger partial charge in [-0.15, -0.1) is 0 Å². The van der Waals surface area contributed by atoms with Gasteiger partial charge in [0.15, 0.2) is 9.84 Å². The molecule has 134 valence electrons. The molecule has 0 bridgehead atoms. The Labute approximate surface area is 157 Å². The predicted octanol–water partition coefficient (Wildman–Crippen LogP) is 2.83. The highest BCUT2D eigenvalue weighted by Gasteiger charge is 2.40. The van der Waals surface area contributed by atoms with Crippen LogP contribution in [0.4, 0.5) is 0 Å². The minimum absolute atomic E-state index is 0.0584. The summed E-state index contributed by atoms with van der Waals surface area (Å²) in [5, 5.41) is 8.70. The van der Waals surface area contributed by atoms with Crippen molar-refractivity contribution >= 4 is 27.3 Å². The topological polar surface area (TPSA) is 78.2 Å². The van der Waals surface area contributed by atoms with Crippen LogP contribution in [0.25, 0.3) is 0 Å². The zero-order chi connectivity index (χ0) is 18.7. The number of benzene rings is 2. The molecule has 0 radical (unpaired) electrons. The molecule has 1 heterocycles. The van der Waals surface area contributed by atoms with E-state index in [9.17, 15) is 13.2 Å².